The van der Waals surface area contributed by atoms with E-state index in [-0.39, 0.29) is 6.10 Å². The lowest BCUT2D eigenvalue weighted by Gasteiger charge is -2.26. The Bertz CT molecular complexity index is 169. The summed E-state index contributed by atoms with van der Waals surface area (Å²) in [7, 11) is 0. The van der Waals surface area contributed by atoms with E-state index in [0.717, 1.165) is 12.8 Å². The summed E-state index contributed by atoms with van der Waals surface area (Å²) < 4.78 is 5.46. The zero-order chi connectivity index (χ0) is 9.19. The molecule has 0 heterocycles. The van der Waals surface area contributed by atoms with Crippen molar-refractivity contribution in [3.8, 4) is 0 Å². The van der Waals surface area contributed by atoms with Gasteiger partial charge in [0.1, 0.15) is 0 Å². The fourth-order valence-electron chi connectivity index (χ4n) is 1.78. The molecule has 3 heteroatoms. The second kappa shape index (κ2) is 3.44. The lowest BCUT2D eigenvalue weighted by Crippen LogP contribution is -2.40. The molecular formula is C9H16O3. The third-order valence-electron chi connectivity index (χ3n) is 2.26. The molecule has 1 aliphatic rings. The predicted molar refractivity (Wildman–Crippen MR) is 45.1 cm³/mol. The fourth-order valence-corrected chi connectivity index (χ4v) is 1.78. The highest BCUT2D eigenvalue weighted by atomic mass is 16.5. The normalized spacial score (nSPS) is 21.6. The topological polar surface area (TPSA) is 46.5 Å². The van der Waals surface area contributed by atoms with Gasteiger partial charge in [-0.25, -0.2) is 4.79 Å². The zero-order valence-electron chi connectivity index (χ0n) is 7.67. The van der Waals surface area contributed by atoms with E-state index in [1.807, 2.05) is 13.8 Å². The lowest BCUT2D eigenvalue weighted by molar-refractivity contribution is -0.170. The third kappa shape index (κ3) is 1.78. The van der Waals surface area contributed by atoms with Crippen LogP contribution >= 0.6 is 0 Å². The Kier molecular flexibility index (Phi) is 2.73. The van der Waals surface area contributed by atoms with Crippen LogP contribution in [0.5, 0.6) is 0 Å². The Morgan fingerprint density at radius 2 is 1.92 bits per heavy atom. The second-order valence-corrected chi connectivity index (χ2v) is 3.67. The minimum atomic E-state index is -0.867. The molecule has 1 rings (SSSR count). The predicted octanol–water partition coefficient (Wildman–Crippen LogP) is 1.81. The first-order valence-corrected chi connectivity index (χ1v) is 4.48. The van der Waals surface area contributed by atoms with Gasteiger partial charge in [0.2, 0.25) is 0 Å². The minimum Gasteiger partial charge on any atom is -0.479 e. The van der Waals surface area contributed by atoms with Crippen LogP contribution in [-0.4, -0.2) is 22.8 Å². The van der Waals surface area contributed by atoms with Gasteiger partial charge in [0.15, 0.2) is 5.60 Å². The van der Waals surface area contributed by atoms with Crippen LogP contribution in [-0.2, 0) is 9.53 Å². The van der Waals surface area contributed by atoms with Crippen LogP contribution in [0.15, 0.2) is 0 Å². The number of ether oxygens (including phenoxy) is 1. The molecule has 0 unspecified atom stereocenters. The van der Waals surface area contributed by atoms with Crippen LogP contribution in [0.3, 0.4) is 0 Å². The van der Waals surface area contributed by atoms with E-state index < -0.39 is 11.6 Å². The molecule has 1 aliphatic carbocycles. The first-order valence-electron chi connectivity index (χ1n) is 4.48. The maximum Gasteiger partial charge on any atom is 0.335 e. The van der Waals surface area contributed by atoms with E-state index in [4.69, 9.17) is 9.84 Å². The van der Waals surface area contributed by atoms with Gasteiger partial charge in [-0.3, -0.25) is 0 Å². The summed E-state index contributed by atoms with van der Waals surface area (Å²) >= 11 is 0. The molecule has 0 radical (unpaired) electrons. The molecule has 1 saturated carbocycles. The molecule has 1 fully saturated rings. The zero-order valence-corrected chi connectivity index (χ0v) is 7.67. The third-order valence-corrected chi connectivity index (χ3v) is 2.26. The molecule has 0 aliphatic heterocycles. The van der Waals surface area contributed by atoms with Crippen LogP contribution in [0.25, 0.3) is 0 Å². The summed E-state index contributed by atoms with van der Waals surface area (Å²) in [6, 6.07) is 0. The largest absolute Gasteiger partial charge is 0.479 e. The Labute approximate surface area is 72.7 Å². The number of rotatable bonds is 3. The van der Waals surface area contributed by atoms with Gasteiger partial charge in [-0.05, 0) is 39.5 Å². The average molecular weight is 172 g/mol. The summed E-state index contributed by atoms with van der Waals surface area (Å²) in [5.41, 5.74) is -0.867. The standard InChI is InChI=1S/C9H16O3/c1-7(2)12-9(8(10)11)5-3-4-6-9/h7H,3-6H2,1-2H3,(H,10,11). The van der Waals surface area contributed by atoms with Crippen LogP contribution < -0.4 is 0 Å². The van der Waals surface area contributed by atoms with Crippen LogP contribution in [0.1, 0.15) is 39.5 Å². The quantitative estimate of drug-likeness (QED) is 0.706. The highest BCUT2D eigenvalue weighted by Crippen LogP contribution is 2.34. The number of aliphatic carboxylic acids is 1. The van der Waals surface area contributed by atoms with Crippen molar-refractivity contribution in [2.45, 2.75) is 51.2 Å². The lowest BCUT2D eigenvalue weighted by atomic mass is 10.0. The van der Waals surface area contributed by atoms with Crippen molar-refractivity contribution < 1.29 is 14.6 Å². The van der Waals surface area contributed by atoms with Gasteiger partial charge in [0.05, 0.1) is 6.10 Å². The molecule has 0 saturated heterocycles. The molecule has 0 aromatic rings. The number of hydrogen-bond acceptors (Lipinski definition) is 2. The Balaban J connectivity index is 2.65. The van der Waals surface area contributed by atoms with E-state index in [1.165, 1.54) is 0 Å². The molecule has 0 aromatic carbocycles. The Hall–Kier alpha value is -0.570. The summed E-state index contributed by atoms with van der Waals surface area (Å²) in [4.78, 5) is 10.9. The van der Waals surface area contributed by atoms with Gasteiger partial charge in [0.25, 0.3) is 0 Å². The summed E-state index contributed by atoms with van der Waals surface area (Å²) in [5.74, 6) is -0.797. The SMILES string of the molecule is CC(C)OC1(C(=O)O)CCCC1. The number of carbonyl (C=O) groups is 1. The van der Waals surface area contributed by atoms with Crippen molar-refractivity contribution in [1.82, 2.24) is 0 Å². The first kappa shape index (κ1) is 9.52. The maximum atomic E-state index is 10.9. The van der Waals surface area contributed by atoms with Crippen molar-refractivity contribution in [2.75, 3.05) is 0 Å². The number of carboxylic acid groups (broad SMARTS) is 1. The van der Waals surface area contributed by atoms with Crippen LogP contribution in [0.4, 0.5) is 0 Å². The van der Waals surface area contributed by atoms with Gasteiger partial charge < -0.3 is 9.84 Å². The molecule has 70 valence electrons. The monoisotopic (exact) mass is 172 g/mol. The molecule has 0 atom stereocenters. The van der Waals surface area contributed by atoms with E-state index in [0.29, 0.717) is 12.8 Å². The molecule has 0 amide bonds. The van der Waals surface area contributed by atoms with Crippen molar-refractivity contribution in [3.63, 3.8) is 0 Å². The Morgan fingerprint density at radius 1 is 1.42 bits per heavy atom. The first-order chi connectivity index (χ1) is 5.57. The second-order valence-electron chi connectivity index (χ2n) is 3.67. The summed E-state index contributed by atoms with van der Waals surface area (Å²) in [6.07, 6.45) is 3.28. The molecule has 0 spiro atoms. The van der Waals surface area contributed by atoms with Gasteiger partial charge in [-0.1, -0.05) is 0 Å². The highest BCUT2D eigenvalue weighted by Gasteiger charge is 2.42. The molecule has 12 heavy (non-hydrogen) atoms. The van der Waals surface area contributed by atoms with Crippen LogP contribution in [0.2, 0.25) is 0 Å². The number of hydrogen-bond donors (Lipinski definition) is 1. The summed E-state index contributed by atoms with van der Waals surface area (Å²) in [5, 5.41) is 8.99. The average Bonchev–Trinajstić information content (AvgIpc) is 2.35. The summed E-state index contributed by atoms with van der Waals surface area (Å²) in [6.45, 7) is 3.76. The number of carboxylic acids is 1. The molecule has 3 nitrogen and oxygen atoms in total. The van der Waals surface area contributed by atoms with Crippen molar-refractivity contribution >= 4 is 5.97 Å². The van der Waals surface area contributed by atoms with E-state index in [1.54, 1.807) is 0 Å². The fraction of sp³-hybridized carbons (Fsp3) is 0.889. The van der Waals surface area contributed by atoms with Crippen molar-refractivity contribution in [3.05, 3.63) is 0 Å². The van der Waals surface area contributed by atoms with E-state index in [9.17, 15) is 4.79 Å². The molecule has 0 aromatic heterocycles. The highest BCUT2D eigenvalue weighted by molar-refractivity contribution is 5.77. The smallest absolute Gasteiger partial charge is 0.335 e. The van der Waals surface area contributed by atoms with Gasteiger partial charge >= 0.3 is 5.97 Å². The van der Waals surface area contributed by atoms with Crippen molar-refractivity contribution in [1.29, 1.82) is 0 Å². The molecule has 1 N–H and O–H groups in total. The van der Waals surface area contributed by atoms with Crippen LogP contribution in [0, 0.1) is 0 Å². The van der Waals surface area contributed by atoms with Crippen molar-refractivity contribution in [2.24, 2.45) is 0 Å². The van der Waals surface area contributed by atoms with E-state index >= 15 is 0 Å². The maximum absolute atomic E-state index is 10.9. The minimum absolute atomic E-state index is 0.000741. The van der Waals surface area contributed by atoms with E-state index in [2.05, 4.69) is 0 Å². The Morgan fingerprint density at radius 3 is 2.25 bits per heavy atom. The molecule has 0 bridgehead atoms. The van der Waals surface area contributed by atoms with Gasteiger partial charge in [0, 0.05) is 0 Å². The van der Waals surface area contributed by atoms with Gasteiger partial charge in [-0.15, -0.1) is 0 Å². The van der Waals surface area contributed by atoms with Gasteiger partial charge in [-0.2, -0.15) is 0 Å². The molecular weight excluding hydrogens is 156 g/mol.